The van der Waals surface area contributed by atoms with Crippen LogP contribution in [0.3, 0.4) is 0 Å². The van der Waals surface area contributed by atoms with Gasteiger partial charge in [-0.25, -0.2) is 9.18 Å². The van der Waals surface area contributed by atoms with Gasteiger partial charge in [-0.3, -0.25) is 4.79 Å². The Morgan fingerprint density at radius 2 is 2.22 bits per heavy atom. The van der Waals surface area contributed by atoms with Crippen molar-refractivity contribution < 1.29 is 18.7 Å². The highest BCUT2D eigenvalue weighted by Crippen LogP contribution is 2.19. The van der Waals surface area contributed by atoms with Crippen molar-refractivity contribution >= 4 is 33.5 Å². The summed E-state index contributed by atoms with van der Waals surface area (Å²) in [4.78, 5) is 22.8. The zero-order valence-electron chi connectivity index (χ0n) is 9.57. The second-order valence-corrected chi connectivity index (χ2v) is 4.26. The second-order valence-electron chi connectivity index (χ2n) is 3.34. The molecular weight excluding hydrogens is 307 g/mol. The van der Waals surface area contributed by atoms with Crippen LogP contribution in [0.5, 0.6) is 0 Å². The number of hydrogen-bond acceptors (Lipinski definition) is 4. The van der Waals surface area contributed by atoms with Crippen LogP contribution in [0, 0.1) is 5.82 Å². The molecular formula is C11H12BrFN2O3. The molecule has 0 bridgehead atoms. The Hall–Kier alpha value is -1.47. The molecule has 0 spiro atoms. The van der Waals surface area contributed by atoms with Crippen LogP contribution in [0.2, 0.25) is 0 Å². The van der Waals surface area contributed by atoms with Crippen molar-refractivity contribution in [3.05, 3.63) is 28.5 Å². The lowest BCUT2D eigenvalue weighted by molar-refractivity contribution is -0.146. The summed E-state index contributed by atoms with van der Waals surface area (Å²) >= 11 is 3.08. The number of esters is 1. The van der Waals surface area contributed by atoms with Gasteiger partial charge in [-0.05, 0) is 25.1 Å². The number of amides is 1. The van der Waals surface area contributed by atoms with E-state index in [9.17, 15) is 14.0 Å². The number of hydrogen-bond donors (Lipinski definition) is 2. The van der Waals surface area contributed by atoms with Crippen molar-refractivity contribution in [2.45, 2.75) is 13.0 Å². The first-order chi connectivity index (χ1) is 8.45. The summed E-state index contributed by atoms with van der Waals surface area (Å²) in [5.74, 6) is -2.31. The normalized spacial score (nSPS) is 11.8. The number of halogens is 2. The molecule has 7 heteroatoms. The predicted octanol–water partition coefficient (Wildman–Crippen LogP) is 1.42. The number of anilines is 1. The van der Waals surface area contributed by atoms with Crippen molar-refractivity contribution in [3.63, 3.8) is 0 Å². The first-order valence-corrected chi connectivity index (χ1v) is 5.93. The van der Waals surface area contributed by atoms with Gasteiger partial charge in [0.05, 0.1) is 12.3 Å². The SMILES string of the molecule is CCOC(=O)C(N)C(=O)Nc1ccc(Br)cc1F. The van der Waals surface area contributed by atoms with E-state index in [1.54, 1.807) is 13.0 Å². The van der Waals surface area contributed by atoms with Crippen LogP contribution in [0.4, 0.5) is 10.1 Å². The molecule has 98 valence electrons. The zero-order valence-corrected chi connectivity index (χ0v) is 11.2. The molecule has 0 aliphatic rings. The van der Waals surface area contributed by atoms with E-state index < -0.39 is 23.7 Å². The van der Waals surface area contributed by atoms with Crippen LogP contribution in [-0.4, -0.2) is 24.5 Å². The molecule has 1 aromatic carbocycles. The van der Waals surface area contributed by atoms with Gasteiger partial charge in [-0.15, -0.1) is 0 Å². The molecule has 1 rings (SSSR count). The summed E-state index contributed by atoms with van der Waals surface area (Å²) < 4.78 is 18.5. The number of nitrogens with two attached hydrogens (primary N) is 1. The average Bonchev–Trinajstić information content (AvgIpc) is 2.32. The molecule has 1 unspecified atom stereocenters. The van der Waals surface area contributed by atoms with E-state index in [0.717, 1.165) is 0 Å². The molecule has 3 N–H and O–H groups in total. The summed E-state index contributed by atoms with van der Waals surface area (Å²) in [5.41, 5.74) is 5.30. The number of rotatable bonds is 4. The predicted molar refractivity (Wildman–Crippen MR) is 67.3 cm³/mol. The smallest absolute Gasteiger partial charge is 0.332 e. The van der Waals surface area contributed by atoms with E-state index >= 15 is 0 Å². The van der Waals surface area contributed by atoms with Gasteiger partial charge in [0.15, 0.2) is 6.04 Å². The van der Waals surface area contributed by atoms with Gasteiger partial charge in [-0.1, -0.05) is 15.9 Å². The lowest BCUT2D eigenvalue weighted by atomic mass is 10.2. The first-order valence-electron chi connectivity index (χ1n) is 5.13. The van der Waals surface area contributed by atoms with Gasteiger partial charge >= 0.3 is 5.97 Å². The zero-order chi connectivity index (χ0) is 13.7. The van der Waals surface area contributed by atoms with E-state index in [1.165, 1.54) is 12.1 Å². The minimum atomic E-state index is -1.48. The second kappa shape index (κ2) is 6.46. The van der Waals surface area contributed by atoms with Crippen molar-refractivity contribution in [2.75, 3.05) is 11.9 Å². The fraction of sp³-hybridized carbons (Fsp3) is 0.273. The van der Waals surface area contributed by atoms with Crippen molar-refractivity contribution in [3.8, 4) is 0 Å². The van der Waals surface area contributed by atoms with Gasteiger partial charge in [0, 0.05) is 4.47 Å². The molecule has 18 heavy (non-hydrogen) atoms. The fourth-order valence-corrected chi connectivity index (χ4v) is 1.47. The standard InChI is InChI=1S/C11H12BrFN2O3/c1-2-18-11(17)9(14)10(16)15-8-4-3-6(12)5-7(8)13/h3-5,9H,2,14H2,1H3,(H,15,16). The largest absolute Gasteiger partial charge is 0.464 e. The molecule has 0 aromatic heterocycles. The molecule has 1 atom stereocenters. The fourth-order valence-electron chi connectivity index (χ4n) is 1.14. The summed E-state index contributed by atoms with van der Waals surface area (Å²) in [6, 6.07) is 2.61. The molecule has 0 saturated carbocycles. The Kier molecular flexibility index (Phi) is 5.24. The highest BCUT2D eigenvalue weighted by molar-refractivity contribution is 9.10. The molecule has 0 aliphatic heterocycles. The Bertz CT molecular complexity index is 468. The minimum absolute atomic E-state index is 0.0528. The average molecular weight is 319 g/mol. The van der Waals surface area contributed by atoms with Crippen LogP contribution in [-0.2, 0) is 14.3 Å². The maximum Gasteiger partial charge on any atom is 0.332 e. The number of ether oxygens (including phenoxy) is 1. The van der Waals surface area contributed by atoms with Crippen molar-refractivity contribution in [2.24, 2.45) is 5.73 Å². The van der Waals surface area contributed by atoms with E-state index in [4.69, 9.17) is 5.73 Å². The molecule has 0 saturated heterocycles. The molecule has 0 heterocycles. The quantitative estimate of drug-likeness (QED) is 0.649. The van der Waals surface area contributed by atoms with Gasteiger partial charge in [-0.2, -0.15) is 0 Å². The summed E-state index contributed by atoms with van der Waals surface area (Å²) in [6.45, 7) is 1.71. The highest BCUT2D eigenvalue weighted by atomic mass is 79.9. The summed E-state index contributed by atoms with van der Waals surface area (Å²) in [5, 5.41) is 2.22. The number of nitrogens with one attached hydrogen (secondary N) is 1. The van der Waals surface area contributed by atoms with Gasteiger partial charge in [0.2, 0.25) is 0 Å². The Balaban J connectivity index is 2.72. The lowest BCUT2D eigenvalue weighted by Gasteiger charge is -2.11. The van der Waals surface area contributed by atoms with Crippen LogP contribution in [0.15, 0.2) is 22.7 Å². The van der Waals surface area contributed by atoms with Crippen molar-refractivity contribution in [1.82, 2.24) is 0 Å². The third-order valence-electron chi connectivity index (χ3n) is 2.01. The molecule has 1 amide bonds. The van der Waals surface area contributed by atoms with Crippen LogP contribution >= 0.6 is 15.9 Å². The lowest BCUT2D eigenvalue weighted by Crippen LogP contribution is -2.43. The van der Waals surface area contributed by atoms with E-state index in [1.807, 2.05) is 0 Å². The number of carbonyl (C=O) groups excluding carboxylic acids is 2. The Morgan fingerprint density at radius 1 is 1.56 bits per heavy atom. The van der Waals surface area contributed by atoms with Gasteiger partial charge < -0.3 is 15.8 Å². The molecule has 0 fully saturated rings. The van der Waals surface area contributed by atoms with Gasteiger partial charge in [0.25, 0.3) is 5.91 Å². The maximum absolute atomic E-state index is 13.4. The number of carbonyl (C=O) groups is 2. The molecule has 0 aliphatic carbocycles. The van der Waals surface area contributed by atoms with Crippen molar-refractivity contribution in [1.29, 1.82) is 0 Å². The molecule has 1 aromatic rings. The third-order valence-corrected chi connectivity index (χ3v) is 2.51. The maximum atomic E-state index is 13.4. The van der Waals surface area contributed by atoms with E-state index in [-0.39, 0.29) is 12.3 Å². The Labute approximate surface area is 112 Å². The third kappa shape index (κ3) is 3.78. The van der Waals surface area contributed by atoms with E-state index in [2.05, 4.69) is 26.0 Å². The first kappa shape index (κ1) is 14.6. The summed E-state index contributed by atoms with van der Waals surface area (Å²) in [6.07, 6.45) is 0. The summed E-state index contributed by atoms with van der Waals surface area (Å²) in [7, 11) is 0. The minimum Gasteiger partial charge on any atom is -0.464 e. The van der Waals surface area contributed by atoms with Gasteiger partial charge in [0.1, 0.15) is 5.82 Å². The monoisotopic (exact) mass is 318 g/mol. The van der Waals surface area contributed by atoms with Crippen LogP contribution < -0.4 is 11.1 Å². The highest BCUT2D eigenvalue weighted by Gasteiger charge is 2.24. The van der Waals surface area contributed by atoms with E-state index in [0.29, 0.717) is 4.47 Å². The van der Waals surface area contributed by atoms with Crippen LogP contribution in [0.1, 0.15) is 6.92 Å². The number of benzene rings is 1. The molecule has 0 radical (unpaired) electrons. The topological polar surface area (TPSA) is 81.4 Å². The molecule has 5 nitrogen and oxygen atoms in total. The Morgan fingerprint density at radius 3 is 2.78 bits per heavy atom. The van der Waals surface area contributed by atoms with Crippen LogP contribution in [0.25, 0.3) is 0 Å².